The first-order chi connectivity index (χ1) is 15.6. The third-order valence-electron chi connectivity index (χ3n) is 6.18. The number of carbonyl (C=O) groups excluding carboxylic acids is 1. The molecule has 4 rings (SSSR count). The molecule has 6 nitrogen and oxygen atoms in total. The fourth-order valence-corrected chi connectivity index (χ4v) is 5.42. The first-order valence-electron chi connectivity index (χ1n) is 11.1. The number of sulfonamides is 1. The van der Waals surface area contributed by atoms with Gasteiger partial charge in [0.25, 0.3) is 5.92 Å². The number of alkyl halides is 2. The van der Waals surface area contributed by atoms with Crippen LogP contribution in [0.1, 0.15) is 31.2 Å². The number of benzene rings is 2. The van der Waals surface area contributed by atoms with E-state index in [1.165, 1.54) is 4.90 Å². The molecular formula is C24H28F2N2O4S. The number of hydrogen-bond donors (Lipinski definition) is 1. The second-order valence-electron chi connectivity index (χ2n) is 8.94. The van der Waals surface area contributed by atoms with Gasteiger partial charge in [-0.15, -0.1) is 0 Å². The number of halogens is 2. The van der Waals surface area contributed by atoms with Crippen LogP contribution in [0.15, 0.2) is 54.6 Å². The Kier molecular flexibility index (Phi) is 6.72. The Balaban J connectivity index is 1.56. The van der Waals surface area contributed by atoms with E-state index >= 15 is 0 Å². The van der Waals surface area contributed by atoms with Gasteiger partial charge < -0.3 is 9.64 Å². The van der Waals surface area contributed by atoms with Crippen LogP contribution >= 0.6 is 0 Å². The van der Waals surface area contributed by atoms with Crippen LogP contribution in [0.25, 0.3) is 11.1 Å². The average Bonchev–Trinajstić information content (AvgIpc) is 2.73. The maximum absolute atomic E-state index is 13.2. The summed E-state index contributed by atoms with van der Waals surface area (Å²) in [4.78, 5) is 14.4. The zero-order valence-electron chi connectivity index (χ0n) is 18.4. The van der Waals surface area contributed by atoms with Crippen LogP contribution in [0, 0.1) is 0 Å². The van der Waals surface area contributed by atoms with Crippen molar-refractivity contribution in [2.45, 2.75) is 56.2 Å². The zero-order valence-corrected chi connectivity index (χ0v) is 19.2. The molecule has 33 heavy (non-hydrogen) atoms. The molecule has 2 aliphatic rings. The standard InChI is InChI=1S/C24H28F2N2O4S/c1-33(30,31)27-21-11-6-12-28(23(29)32-20-15-24(25,26)16-20)22(21)14-17-7-5-10-19(13-17)18-8-3-2-4-9-18/h2-5,7-10,13,20-22,27H,6,11-12,14-16H2,1H3/t21-,22-/m0/s1. The molecule has 178 valence electrons. The van der Waals surface area contributed by atoms with E-state index in [0.717, 1.165) is 22.9 Å². The summed E-state index contributed by atoms with van der Waals surface area (Å²) >= 11 is 0. The monoisotopic (exact) mass is 478 g/mol. The topological polar surface area (TPSA) is 75.7 Å². The first kappa shape index (κ1) is 23.6. The fourth-order valence-electron chi connectivity index (χ4n) is 4.60. The molecule has 0 radical (unpaired) electrons. The van der Waals surface area contributed by atoms with Gasteiger partial charge >= 0.3 is 6.09 Å². The largest absolute Gasteiger partial charge is 0.446 e. The van der Waals surface area contributed by atoms with E-state index in [2.05, 4.69) is 4.72 Å². The van der Waals surface area contributed by atoms with Crippen molar-refractivity contribution >= 4 is 16.1 Å². The van der Waals surface area contributed by atoms with Gasteiger partial charge in [-0.1, -0.05) is 54.6 Å². The highest BCUT2D eigenvalue weighted by Gasteiger charge is 2.48. The number of hydrogen-bond acceptors (Lipinski definition) is 4. The summed E-state index contributed by atoms with van der Waals surface area (Å²) in [6.07, 6.45) is 0.239. The lowest BCUT2D eigenvalue weighted by molar-refractivity contribution is -0.149. The minimum atomic E-state index is -3.51. The van der Waals surface area contributed by atoms with Crippen molar-refractivity contribution in [1.29, 1.82) is 0 Å². The average molecular weight is 479 g/mol. The minimum Gasteiger partial charge on any atom is -0.446 e. The number of piperidine rings is 1. The van der Waals surface area contributed by atoms with Crippen molar-refractivity contribution in [3.8, 4) is 11.1 Å². The third-order valence-corrected chi connectivity index (χ3v) is 6.91. The van der Waals surface area contributed by atoms with Gasteiger partial charge in [0.05, 0.1) is 12.3 Å². The van der Waals surface area contributed by atoms with E-state index in [9.17, 15) is 22.0 Å². The molecule has 2 aromatic carbocycles. The molecule has 1 N–H and O–H groups in total. The predicted octanol–water partition coefficient (Wildman–Crippen LogP) is 4.21. The number of likely N-dealkylation sites (tertiary alicyclic amines) is 1. The van der Waals surface area contributed by atoms with Gasteiger partial charge in [0.2, 0.25) is 10.0 Å². The van der Waals surface area contributed by atoms with E-state index < -0.39 is 53.1 Å². The smallest absolute Gasteiger partial charge is 0.410 e. The minimum absolute atomic E-state index is 0.382. The van der Waals surface area contributed by atoms with Crippen molar-refractivity contribution in [1.82, 2.24) is 9.62 Å². The number of nitrogens with one attached hydrogen (secondary N) is 1. The van der Waals surface area contributed by atoms with E-state index in [0.29, 0.717) is 25.8 Å². The molecular weight excluding hydrogens is 450 g/mol. The number of nitrogens with zero attached hydrogens (tertiary/aromatic N) is 1. The number of carbonyl (C=O) groups is 1. The molecule has 1 aliphatic heterocycles. The summed E-state index contributed by atoms with van der Waals surface area (Å²) in [5.41, 5.74) is 3.01. The van der Waals surface area contributed by atoms with E-state index in [4.69, 9.17) is 4.74 Å². The SMILES string of the molecule is CS(=O)(=O)N[C@H]1CCCN(C(=O)OC2CC(F)(F)C2)[C@H]1Cc1cccc(-c2ccccc2)c1. The summed E-state index contributed by atoms with van der Waals surface area (Å²) in [6.45, 7) is 0.382. The highest BCUT2D eigenvalue weighted by atomic mass is 32.2. The summed E-state index contributed by atoms with van der Waals surface area (Å²) in [5.74, 6) is -2.79. The maximum Gasteiger partial charge on any atom is 0.410 e. The van der Waals surface area contributed by atoms with Crippen LogP contribution in [0.4, 0.5) is 13.6 Å². The van der Waals surface area contributed by atoms with E-state index in [-0.39, 0.29) is 0 Å². The summed E-state index contributed by atoms with van der Waals surface area (Å²) in [5, 5.41) is 0. The van der Waals surface area contributed by atoms with E-state index in [1.54, 1.807) is 0 Å². The van der Waals surface area contributed by atoms with Crippen LogP contribution in [-0.4, -0.2) is 56.3 Å². The Morgan fingerprint density at radius 2 is 1.82 bits per heavy atom. The van der Waals surface area contributed by atoms with Gasteiger partial charge in [-0.3, -0.25) is 0 Å². The molecule has 2 fully saturated rings. The number of ether oxygens (including phenoxy) is 1. The first-order valence-corrected chi connectivity index (χ1v) is 13.0. The Morgan fingerprint density at radius 3 is 2.48 bits per heavy atom. The lowest BCUT2D eigenvalue weighted by Gasteiger charge is -2.42. The van der Waals surface area contributed by atoms with Crippen LogP contribution in [0.5, 0.6) is 0 Å². The van der Waals surface area contributed by atoms with Crippen molar-refractivity contribution in [3.63, 3.8) is 0 Å². The van der Waals surface area contributed by atoms with Crippen LogP contribution in [0.3, 0.4) is 0 Å². The lowest BCUT2D eigenvalue weighted by Crippen LogP contribution is -2.58. The molecule has 0 aromatic heterocycles. The van der Waals surface area contributed by atoms with Crippen LogP contribution in [0.2, 0.25) is 0 Å². The summed E-state index contributed by atoms with van der Waals surface area (Å²) in [6, 6.07) is 16.8. The Hall–Kier alpha value is -2.52. The van der Waals surface area contributed by atoms with Gasteiger partial charge in [0.1, 0.15) is 6.10 Å². The van der Waals surface area contributed by atoms with Crippen LogP contribution < -0.4 is 4.72 Å². The van der Waals surface area contributed by atoms with Crippen LogP contribution in [-0.2, 0) is 21.2 Å². The fraction of sp³-hybridized carbons (Fsp3) is 0.458. The zero-order chi connectivity index (χ0) is 23.6. The highest BCUT2D eigenvalue weighted by Crippen LogP contribution is 2.40. The van der Waals surface area contributed by atoms with E-state index in [1.807, 2.05) is 54.6 Å². The van der Waals surface area contributed by atoms with Crippen molar-refractivity contribution < 1.29 is 26.7 Å². The van der Waals surface area contributed by atoms with Gasteiger partial charge in [0.15, 0.2) is 0 Å². The Labute approximate surface area is 193 Å². The van der Waals surface area contributed by atoms with Gasteiger partial charge in [0, 0.05) is 25.4 Å². The normalized spacial score (nSPS) is 23.1. The maximum atomic E-state index is 13.2. The van der Waals surface area contributed by atoms with Gasteiger partial charge in [-0.05, 0) is 36.0 Å². The number of amides is 1. The molecule has 2 atom stereocenters. The number of rotatable bonds is 6. The molecule has 0 unspecified atom stereocenters. The highest BCUT2D eigenvalue weighted by molar-refractivity contribution is 7.88. The summed E-state index contributed by atoms with van der Waals surface area (Å²) in [7, 11) is -3.51. The quantitative estimate of drug-likeness (QED) is 0.675. The molecule has 0 bridgehead atoms. The predicted molar refractivity (Wildman–Crippen MR) is 122 cm³/mol. The van der Waals surface area contributed by atoms with Crippen molar-refractivity contribution in [2.75, 3.05) is 12.8 Å². The Morgan fingerprint density at radius 1 is 1.12 bits per heavy atom. The van der Waals surface area contributed by atoms with Crippen molar-refractivity contribution in [3.05, 3.63) is 60.2 Å². The molecule has 1 aliphatic carbocycles. The molecule has 1 saturated carbocycles. The second kappa shape index (κ2) is 9.38. The molecule has 9 heteroatoms. The summed E-state index contributed by atoms with van der Waals surface area (Å²) < 4.78 is 58.3. The Bertz CT molecular complexity index is 1090. The molecule has 1 heterocycles. The van der Waals surface area contributed by atoms with Gasteiger partial charge in [-0.25, -0.2) is 26.7 Å². The van der Waals surface area contributed by atoms with Crippen molar-refractivity contribution in [2.24, 2.45) is 0 Å². The lowest BCUT2D eigenvalue weighted by atomic mass is 9.90. The second-order valence-corrected chi connectivity index (χ2v) is 10.7. The molecule has 1 amide bonds. The molecule has 1 saturated heterocycles. The molecule has 2 aromatic rings. The molecule has 0 spiro atoms. The third kappa shape index (κ3) is 6.09. The van der Waals surface area contributed by atoms with Gasteiger partial charge in [-0.2, -0.15) is 0 Å².